The number of carbonyl (C=O) groups excluding carboxylic acids is 2. The van der Waals surface area contributed by atoms with E-state index in [2.05, 4.69) is 10.3 Å². The quantitative estimate of drug-likeness (QED) is 0.728. The van der Waals surface area contributed by atoms with Gasteiger partial charge in [-0.15, -0.1) is 0 Å². The van der Waals surface area contributed by atoms with Gasteiger partial charge in [0.2, 0.25) is 0 Å². The highest BCUT2D eigenvalue weighted by atomic mass is 35.5. The summed E-state index contributed by atoms with van der Waals surface area (Å²) >= 11 is 11.7. The number of nitrogens with one attached hydrogen (secondary N) is 1. The number of hydrogen-bond acceptors (Lipinski definition) is 5. The Kier molecular flexibility index (Phi) is 7.14. The number of benzene rings is 1. The average Bonchev–Trinajstić information content (AvgIpc) is 2.63. The summed E-state index contributed by atoms with van der Waals surface area (Å²) in [5, 5.41) is 2.95. The average molecular weight is 415 g/mol. The van der Waals surface area contributed by atoms with E-state index in [-0.39, 0.29) is 16.4 Å². The Hall–Kier alpha value is -1.96. The van der Waals surface area contributed by atoms with Gasteiger partial charge in [-0.05, 0) is 25.1 Å². The summed E-state index contributed by atoms with van der Waals surface area (Å²) in [6.45, 7) is 3.16. The molecule has 1 aromatic heterocycles. The molecule has 0 radical (unpaired) electrons. The van der Waals surface area contributed by atoms with Crippen LogP contribution < -0.4 is 5.32 Å². The number of ether oxygens (including phenoxy) is 1. The van der Waals surface area contributed by atoms with Gasteiger partial charge in [0.15, 0.2) is 11.9 Å². The monoisotopic (exact) mass is 414 g/mol. The molecule has 1 N–H and O–H groups in total. The summed E-state index contributed by atoms with van der Waals surface area (Å²) in [7, 11) is -1.33. The van der Waals surface area contributed by atoms with Crippen molar-refractivity contribution in [1.29, 1.82) is 0 Å². The SMILES string of the molecule is CC[S@](=O)c1ccccc1C(=O)O[C@H](C)C(=O)Nc1ncc(Cl)cc1Cl. The molecule has 138 valence electrons. The molecule has 0 aliphatic rings. The zero-order chi connectivity index (χ0) is 19.3. The lowest BCUT2D eigenvalue weighted by Gasteiger charge is -2.15. The number of carbonyl (C=O) groups is 2. The lowest BCUT2D eigenvalue weighted by Crippen LogP contribution is -2.30. The maximum atomic E-state index is 12.4. The first-order valence-electron chi connectivity index (χ1n) is 7.63. The Morgan fingerprint density at radius 2 is 2.00 bits per heavy atom. The van der Waals surface area contributed by atoms with Crippen LogP contribution in [0.25, 0.3) is 0 Å². The highest BCUT2D eigenvalue weighted by Gasteiger charge is 2.23. The van der Waals surface area contributed by atoms with Crippen molar-refractivity contribution in [2.75, 3.05) is 11.1 Å². The van der Waals surface area contributed by atoms with Gasteiger partial charge in [-0.2, -0.15) is 0 Å². The van der Waals surface area contributed by atoms with Crippen LogP contribution in [0, 0.1) is 0 Å². The molecule has 1 heterocycles. The number of hydrogen-bond donors (Lipinski definition) is 1. The van der Waals surface area contributed by atoms with Crippen LogP contribution in [0.1, 0.15) is 24.2 Å². The molecule has 6 nitrogen and oxygen atoms in total. The predicted octanol–water partition coefficient (Wildman–Crippen LogP) is 3.70. The van der Waals surface area contributed by atoms with Crippen molar-refractivity contribution >= 4 is 51.7 Å². The normalized spacial score (nSPS) is 12.9. The van der Waals surface area contributed by atoms with E-state index >= 15 is 0 Å². The van der Waals surface area contributed by atoms with Gasteiger partial charge in [0.25, 0.3) is 5.91 Å². The van der Waals surface area contributed by atoms with Crippen LogP contribution in [-0.2, 0) is 20.3 Å². The first kappa shape index (κ1) is 20.4. The third kappa shape index (κ3) is 5.03. The lowest BCUT2D eigenvalue weighted by molar-refractivity contribution is -0.123. The van der Waals surface area contributed by atoms with Crippen LogP contribution in [-0.4, -0.2) is 32.9 Å². The summed E-state index contributed by atoms with van der Waals surface area (Å²) in [6.07, 6.45) is 0.218. The van der Waals surface area contributed by atoms with Crippen LogP contribution >= 0.6 is 23.2 Å². The zero-order valence-electron chi connectivity index (χ0n) is 14.0. The molecule has 1 amide bonds. The smallest absolute Gasteiger partial charge is 0.340 e. The second-order valence-corrected chi connectivity index (χ2v) is 7.70. The molecule has 2 aromatic rings. The summed E-state index contributed by atoms with van der Waals surface area (Å²) in [5.74, 6) is -0.873. The number of amides is 1. The number of esters is 1. The molecule has 9 heteroatoms. The van der Waals surface area contributed by atoms with E-state index < -0.39 is 28.8 Å². The fraction of sp³-hybridized carbons (Fsp3) is 0.235. The van der Waals surface area contributed by atoms with Crippen LogP contribution in [0.15, 0.2) is 41.4 Å². The largest absolute Gasteiger partial charge is 0.449 e. The van der Waals surface area contributed by atoms with Crippen molar-refractivity contribution in [3.8, 4) is 0 Å². The Morgan fingerprint density at radius 1 is 1.31 bits per heavy atom. The second kappa shape index (κ2) is 9.12. The molecule has 0 saturated heterocycles. The third-order valence-corrected chi connectivity index (χ3v) is 5.18. The number of aromatic nitrogens is 1. The van der Waals surface area contributed by atoms with Gasteiger partial charge in [0.1, 0.15) is 0 Å². The molecule has 0 fully saturated rings. The van der Waals surface area contributed by atoms with Crippen molar-refractivity contribution in [2.24, 2.45) is 0 Å². The summed E-state index contributed by atoms with van der Waals surface area (Å²) in [5.41, 5.74) is 0.162. The van der Waals surface area contributed by atoms with E-state index in [1.165, 1.54) is 25.3 Å². The van der Waals surface area contributed by atoms with Gasteiger partial charge in [0.05, 0.1) is 31.3 Å². The molecule has 0 aliphatic heterocycles. The van der Waals surface area contributed by atoms with Crippen molar-refractivity contribution in [3.05, 3.63) is 52.1 Å². The highest BCUT2D eigenvalue weighted by molar-refractivity contribution is 7.85. The van der Waals surface area contributed by atoms with Crippen LogP contribution in [0.2, 0.25) is 10.0 Å². The van der Waals surface area contributed by atoms with Gasteiger partial charge >= 0.3 is 5.97 Å². The summed E-state index contributed by atoms with van der Waals surface area (Å²) in [4.78, 5) is 28.9. The van der Waals surface area contributed by atoms with Crippen molar-refractivity contribution < 1.29 is 18.5 Å². The van der Waals surface area contributed by atoms with Crippen molar-refractivity contribution in [1.82, 2.24) is 4.98 Å². The van der Waals surface area contributed by atoms with E-state index in [0.29, 0.717) is 15.7 Å². The van der Waals surface area contributed by atoms with Gasteiger partial charge in [0, 0.05) is 11.9 Å². The molecule has 2 atom stereocenters. The Bertz CT molecular complexity index is 860. The minimum absolute atomic E-state index is 0.108. The Labute approximate surface area is 163 Å². The van der Waals surface area contributed by atoms with Gasteiger partial charge < -0.3 is 10.1 Å². The van der Waals surface area contributed by atoms with Crippen LogP contribution in [0.5, 0.6) is 0 Å². The minimum atomic E-state index is -1.33. The standard InChI is InChI=1S/C17H16Cl2N2O4S/c1-3-26(24)14-7-5-4-6-12(14)17(23)25-10(2)16(22)21-15-13(19)8-11(18)9-20-15/h4-10H,3H2,1-2H3,(H,20,21,22)/t10-,26+/m1/s1. The predicted molar refractivity (Wildman–Crippen MR) is 101 cm³/mol. The molecular weight excluding hydrogens is 399 g/mol. The summed E-state index contributed by atoms with van der Waals surface area (Å²) < 4.78 is 17.2. The first-order valence-corrected chi connectivity index (χ1v) is 9.71. The van der Waals surface area contributed by atoms with Crippen LogP contribution in [0.3, 0.4) is 0 Å². The molecule has 0 aliphatic carbocycles. The lowest BCUT2D eigenvalue weighted by atomic mass is 10.2. The molecule has 0 spiro atoms. The van der Waals surface area contributed by atoms with Crippen molar-refractivity contribution in [3.63, 3.8) is 0 Å². The summed E-state index contributed by atoms with van der Waals surface area (Å²) in [6, 6.07) is 7.85. The van der Waals surface area contributed by atoms with Crippen LogP contribution in [0.4, 0.5) is 5.82 Å². The maximum absolute atomic E-state index is 12.4. The van der Waals surface area contributed by atoms with Gasteiger partial charge in [-0.3, -0.25) is 9.00 Å². The molecule has 0 unspecified atom stereocenters. The van der Waals surface area contributed by atoms with E-state index in [1.807, 2.05) is 0 Å². The van der Waals surface area contributed by atoms with E-state index in [4.69, 9.17) is 27.9 Å². The molecule has 26 heavy (non-hydrogen) atoms. The number of rotatable bonds is 6. The molecule has 2 rings (SSSR count). The number of pyridine rings is 1. The molecule has 0 bridgehead atoms. The second-order valence-electron chi connectivity index (χ2n) is 5.15. The minimum Gasteiger partial charge on any atom is -0.449 e. The first-order chi connectivity index (χ1) is 12.3. The Morgan fingerprint density at radius 3 is 2.65 bits per heavy atom. The van der Waals surface area contributed by atoms with E-state index in [9.17, 15) is 13.8 Å². The van der Waals surface area contributed by atoms with E-state index in [1.54, 1.807) is 25.1 Å². The number of nitrogens with zero attached hydrogens (tertiary/aromatic N) is 1. The Balaban J connectivity index is 2.09. The number of anilines is 1. The fourth-order valence-electron chi connectivity index (χ4n) is 1.99. The van der Waals surface area contributed by atoms with Gasteiger partial charge in [-0.25, -0.2) is 9.78 Å². The highest BCUT2D eigenvalue weighted by Crippen LogP contribution is 2.23. The van der Waals surface area contributed by atoms with Crippen molar-refractivity contribution in [2.45, 2.75) is 24.8 Å². The van der Waals surface area contributed by atoms with E-state index in [0.717, 1.165) is 0 Å². The fourth-order valence-corrected chi connectivity index (χ4v) is 3.36. The number of halogens is 2. The molecule has 0 saturated carbocycles. The third-order valence-electron chi connectivity index (χ3n) is 3.32. The maximum Gasteiger partial charge on any atom is 0.340 e. The van der Waals surface area contributed by atoms with Gasteiger partial charge in [-0.1, -0.05) is 42.3 Å². The molecular formula is C17H16Cl2N2O4S. The zero-order valence-corrected chi connectivity index (χ0v) is 16.3. The topological polar surface area (TPSA) is 85.4 Å². The molecule has 1 aromatic carbocycles.